The van der Waals surface area contributed by atoms with Gasteiger partial charge < -0.3 is 26.2 Å². The van der Waals surface area contributed by atoms with Gasteiger partial charge in [-0.25, -0.2) is 4.98 Å². The number of piperidine rings is 1. The Balaban J connectivity index is 1.60. The average Bonchev–Trinajstić information content (AvgIpc) is 3.29. The number of carbonyl (C=O) groups is 2. The fourth-order valence-electron chi connectivity index (χ4n) is 4.87. The van der Waals surface area contributed by atoms with E-state index in [1.165, 1.54) is 0 Å². The topological polar surface area (TPSA) is 116 Å². The molecular weight excluding hydrogens is 406 g/mol. The van der Waals surface area contributed by atoms with Crippen LogP contribution in [0.4, 0.5) is 5.82 Å². The van der Waals surface area contributed by atoms with E-state index in [1.807, 2.05) is 20.2 Å². The fourth-order valence-corrected chi connectivity index (χ4v) is 4.87. The van der Waals surface area contributed by atoms with Gasteiger partial charge in [0.2, 0.25) is 11.8 Å². The summed E-state index contributed by atoms with van der Waals surface area (Å²) in [6.07, 6.45) is 7.28. The zero-order valence-electron chi connectivity index (χ0n) is 19.6. The van der Waals surface area contributed by atoms with Gasteiger partial charge in [0.05, 0.1) is 5.41 Å². The predicted octanol–water partition coefficient (Wildman–Crippen LogP) is 1.10. The first-order chi connectivity index (χ1) is 15.4. The van der Waals surface area contributed by atoms with Crippen molar-refractivity contribution < 1.29 is 9.59 Å². The summed E-state index contributed by atoms with van der Waals surface area (Å²) in [6, 6.07) is 3.98. The zero-order chi connectivity index (χ0) is 23.1. The van der Waals surface area contributed by atoms with Gasteiger partial charge in [-0.2, -0.15) is 0 Å². The van der Waals surface area contributed by atoms with Crippen LogP contribution in [0.25, 0.3) is 0 Å². The molecule has 9 heteroatoms. The molecule has 9 nitrogen and oxygen atoms in total. The van der Waals surface area contributed by atoms with E-state index in [0.29, 0.717) is 19.0 Å². The molecule has 1 aromatic rings. The van der Waals surface area contributed by atoms with Crippen molar-refractivity contribution in [1.82, 2.24) is 20.5 Å². The van der Waals surface area contributed by atoms with Gasteiger partial charge in [-0.1, -0.05) is 18.9 Å². The number of aromatic nitrogens is 1. The fraction of sp³-hybridized carbons (Fsp3) is 0.652. The Hall–Kier alpha value is -2.84. The molecule has 2 heterocycles. The van der Waals surface area contributed by atoms with Gasteiger partial charge in [0.25, 0.3) is 0 Å². The van der Waals surface area contributed by atoms with Crippen LogP contribution in [-0.2, 0) is 16.1 Å². The highest BCUT2D eigenvalue weighted by molar-refractivity contribution is 5.85. The Labute approximate surface area is 190 Å². The number of primary amides is 1. The van der Waals surface area contributed by atoms with Crippen LogP contribution in [0.15, 0.2) is 23.3 Å². The molecule has 4 N–H and O–H groups in total. The second kappa shape index (κ2) is 10.7. The minimum atomic E-state index is -0.356. The summed E-state index contributed by atoms with van der Waals surface area (Å²) in [7, 11) is 5.39. The molecule has 32 heavy (non-hydrogen) atoms. The van der Waals surface area contributed by atoms with E-state index in [9.17, 15) is 9.59 Å². The van der Waals surface area contributed by atoms with Gasteiger partial charge in [0.15, 0.2) is 5.96 Å². The van der Waals surface area contributed by atoms with E-state index < -0.39 is 0 Å². The van der Waals surface area contributed by atoms with Crippen molar-refractivity contribution in [3.8, 4) is 0 Å². The Bertz CT molecular complexity index is 825. The molecule has 3 rings (SSSR count). The van der Waals surface area contributed by atoms with Crippen LogP contribution in [0.5, 0.6) is 0 Å². The number of nitrogens with zero attached hydrogens (tertiary/aromatic N) is 4. The highest BCUT2D eigenvalue weighted by Gasteiger charge is 2.42. The number of anilines is 1. The lowest BCUT2D eigenvalue weighted by molar-refractivity contribution is -0.138. The second-order valence-corrected chi connectivity index (χ2v) is 9.12. The largest absolute Gasteiger partial charge is 0.369 e. The van der Waals surface area contributed by atoms with Crippen molar-refractivity contribution in [3.05, 3.63) is 23.9 Å². The Morgan fingerprint density at radius 1 is 1.25 bits per heavy atom. The number of amides is 2. The first kappa shape index (κ1) is 23.8. The summed E-state index contributed by atoms with van der Waals surface area (Å²) in [5.41, 5.74) is 6.18. The second-order valence-electron chi connectivity index (χ2n) is 9.12. The van der Waals surface area contributed by atoms with Crippen molar-refractivity contribution in [3.63, 3.8) is 0 Å². The molecule has 1 aromatic heterocycles. The maximum atomic E-state index is 12.8. The van der Waals surface area contributed by atoms with Crippen LogP contribution >= 0.6 is 0 Å². The number of rotatable bonds is 7. The smallest absolute Gasteiger partial charge is 0.230 e. The third-order valence-electron chi connectivity index (χ3n) is 6.75. The van der Waals surface area contributed by atoms with Crippen LogP contribution in [-0.4, -0.2) is 68.4 Å². The zero-order valence-corrected chi connectivity index (χ0v) is 19.6. The molecule has 0 aromatic carbocycles. The number of aliphatic imine (C=N–C) groups is 1. The molecule has 2 fully saturated rings. The summed E-state index contributed by atoms with van der Waals surface area (Å²) >= 11 is 0. The molecule has 1 saturated carbocycles. The minimum Gasteiger partial charge on any atom is -0.369 e. The van der Waals surface area contributed by atoms with Gasteiger partial charge in [-0.05, 0) is 31.7 Å². The average molecular weight is 444 g/mol. The van der Waals surface area contributed by atoms with E-state index in [4.69, 9.17) is 5.73 Å². The molecule has 0 atom stereocenters. The number of nitrogens with two attached hydrogens (primary N) is 1. The highest BCUT2D eigenvalue weighted by Crippen LogP contribution is 2.38. The molecule has 0 spiro atoms. The van der Waals surface area contributed by atoms with Gasteiger partial charge in [-0.3, -0.25) is 14.6 Å². The number of guanidine groups is 1. The van der Waals surface area contributed by atoms with E-state index in [0.717, 1.165) is 63.0 Å². The molecule has 1 saturated heterocycles. The van der Waals surface area contributed by atoms with Gasteiger partial charge >= 0.3 is 0 Å². The third-order valence-corrected chi connectivity index (χ3v) is 6.75. The molecule has 2 aliphatic rings. The first-order valence-electron chi connectivity index (χ1n) is 11.5. The van der Waals surface area contributed by atoms with Gasteiger partial charge in [0.1, 0.15) is 5.82 Å². The molecule has 0 bridgehead atoms. The summed E-state index contributed by atoms with van der Waals surface area (Å²) < 4.78 is 0. The van der Waals surface area contributed by atoms with Crippen LogP contribution in [0.2, 0.25) is 0 Å². The minimum absolute atomic E-state index is 0.0488. The molecular formula is C23H37N7O2. The maximum absolute atomic E-state index is 12.8. The molecule has 1 aliphatic heterocycles. The van der Waals surface area contributed by atoms with Crippen molar-refractivity contribution >= 4 is 23.6 Å². The summed E-state index contributed by atoms with van der Waals surface area (Å²) in [5, 5.41) is 6.76. The lowest BCUT2D eigenvalue weighted by atomic mass is 9.84. The van der Waals surface area contributed by atoms with Gasteiger partial charge in [-0.15, -0.1) is 0 Å². The van der Waals surface area contributed by atoms with Crippen molar-refractivity contribution in [2.75, 3.05) is 45.7 Å². The van der Waals surface area contributed by atoms with Crippen LogP contribution in [0.1, 0.15) is 44.1 Å². The number of nitrogens with one attached hydrogen (secondary N) is 2. The normalized spacial score (nSPS) is 19.0. The van der Waals surface area contributed by atoms with Crippen molar-refractivity contribution in [1.29, 1.82) is 0 Å². The van der Waals surface area contributed by atoms with E-state index in [1.54, 1.807) is 18.1 Å². The van der Waals surface area contributed by atoms with E-state index >= 15 is 0 Å². The lowest BCUT2D eigenvalue weighted by Gasteiger charge is -2.33. The standard InChI is InChI=1S/C23H37N7O2/c1-25-22(28-16-23(10-4-5-11-23)21(32)29(2)3)27-15-18-7-6-12-26-20(18)30-13-8-17(9-14-30)19(24)31/h6-7,12,17H,4-5,8-11,13-16H2,1-3H3,(H2,24,31)(H2,25,27,28). The van der Waals surface area contributed by atoms with Crippen molar-refractivity contribution in [2.24, 2.45) is 22.1 Å². The van der Waals surface area contributed by atoms with Crippen LogP contribution < -0.4 is 21.3 Å². The Morgan fingerprint density at radius 2 is 1.94 bits per heavy atom. The summed E-state index contributed by atoms with van der Waals surface area (Å²) in [6.45, 7) is 2.66. The maximum Gasteiger partial charge on any atom is 0.230 e. The quantitative estimate of drug-likeness (QED) is 0.429. The monoisotopic (exact) mass is 443 g/mol. The Kier molecular flexibility index (Phi) is 7.93. The Morgan fingerprint density at radius 3 is 2.53 bits per heavy atom. The lowest BCUT2D eigenvalue weighted by Crippen LogP contribution is -2.49. The number of pyridine rings is 1. The SMILES string of the molecule is CN=C(NCc1cccnc1N1CCC(C(N)=O)CC1)NCC1(C(=O)N(C)C)CCCC1. The van der Waals surface area contributed by atoms with Crippen molar-refractivity contribution in [2.45, 2.75) is 45.1 Å². The van der Waals surface area contributed by atoms with E-state index in [2.05, 4.69) is 31.6 Å². The molecule has 2 amide bonds. The summed E-state index contributed by atoms with van der Waals surface area (Å²) in [4.78, 5) is 37.2. The number of hydrogen-bond donors (Lipinski definition) is 3. The van der Waals surface area contributed by atoms with Gasteiger partial charge in [0, 0.05) is 65.0 Å². The first-order valence-corrected chi connectivity index (χ1v) is 11.5. The van der Waals surface area contributed by atoms with E-state index in [-0.39, 0.29) is 23.1 Å². The number of hydrogen-bond acceptors (Lipinski definition) is 5. The molecule has 0 unspecified atom stereocenters. The molecule has 176 valence electrons. The third kappa shape index (κ3) is 5.49. The highest BCUT2D eigenvalue weighted by atomic mass is 16.2. The predicted molar refractivity (Wildman–Crippen MR) is 126 cm³/mol. The molecule has 0 radical (unpaired) electrons. The number of carbonyl (C=O) groups excluding carboxylic acids is 2. The summed E-state index contributed by atoms with van der Waals surface area (Å²) in [5.74, 6) is 1.52. The molecule has 1 aliphatic carbocycles. The van der Waals surface area contributed by atoms with Crippen LogP contribution in [0.3, 0.4) is 0 Å². The van der Waals surface area contributed by atoms with Crippen LogP contribution in [0, 0.1) is 11.3 Å².